The van der Waals surface area contributed by atoms with Crippen LogP contribution in [0.3, 0.4) is 0 Å². The summed E-state index contributed by atoms with van der Waals surface area (Å²) in [4.78, 5) is 44.7. The molecule has 1 aliphatic carbocycles. The van der Waals surface area contributed by atoms with Gasteiger partial charge in [-0.3, -0.25) is 9.79 Å². The number of nitrogens with one attached hydrogen (secondary N) is 2. The summed E-state index contributed by atoms with van der Waals surface area (Å²) in [6.45, 7) is 5.56. The van der Waals surface area contributed by atoms with Crippen LogP contribution >= 0.6 is 0 Å². The predicted molar refractivity (Wildman–Crippen MR) is 129 cm³/mol. The summed E-state index contributed by atoms with van der Waals surface area (Å²) in [6.07, 6.45) is 7.19. The van der Waals surface area contributed by atoms with Gasteiger partial charge in [-0.15, -0.1) is 0 Å². The Morgan fingerprint density at radius 2 is 1.91 bits per heavy atom. The van der Waals surface area contributed by atoms with Gasteiger partial charge < -0.3 is 36.4 Å². The third-order valence-electron chi connectivity index (χ3n) is 5.59. The van der Waals surface area contributed by atoms with E-state index in [2.05, 4.69) is 20.6 Å². The number of carbonyl (C=O) groups excluding carboxylic acids is 2. The monoisotopic (exact) mass is 494 g/mol. The highest BCUT2D eigenvalue weighted by atomic mass is 16.6. The Hall–Kier alpha value is -3.31. The molecule has 1 saturated carbocycles. The van der Waals surface area contributed by atoms with Crippen molar-refractivity contribution in [2.24, 2.45) is 22.4 Å². The van der Waals surface area contributed by atoms with Crippen molar-refractivity contribution < 1.29 is 28.6 Å². The summed E-state index contributed by atoms with van der Waals surface area (Å²) in [7, 11) is 0. The second-order valence-corrected chi connectivity index (χ2v) is 9.82. The molecule has 12 heteroatoms. The van der Waals surface area contributed by atoms with Gasteiger partial charge in [-0.25, -0.2) is 14.6 Å². The number of nitrogens with two attached hydrogens (primary N) is 2. The number of carbonyl (C=O) groups is 3. The summed E-state index contributed by atoms with van der Waals surface area (Å²) < 4.78 is 10.9. The first-order valence-corrected chi connectivity index (χ1v) is 12.0. The van der Waals surface area contributed by atoms with Crippen LogP contribution in [-0.4, -0.2) is 52.2 Å². The minimum Gasteiger partial charge on any atom is -0.480 e. The van der Waals surface area contributed by atoms with Crippen LogP contribution in [0.4, 0.5) is 4.79 Å². The molecule has 2 amide bonds. The highest BCUT2D eigenvalue weighted by Crippen LogP contribution is 2.32. The highest BCUT2D eigenvalue weighted by Gasteiger charge is 2.29. The fourth-order valence-electron chi connectivity index (χ4n) is 3.97. The molecule has 2 unspecified atom stereocenters. The molecule has 1 heterocycles. The number of alkyl carbamates (subject to hydrolysis) is 1. The fraction of sp³-hybridized carbons (Fsp3) is 0.696. The number of ether oxygens (including phenoxy) is 1. The Labute approximate surface area is 205 Å². The topological polar surface area (TPSA) is 195 Å². The average molecular weight is 495 g/mol. The van der Waals surface area contributed by atoms with Gasteiger partial charge in [0.25, 0.3) is 5.91 Å². The van der Waals surface area contributed by atoms with Crippen LogP contribution in [0.15, 0.2) is 15.7 Å². The number of aliphatic imine (C=N–C) groups is 1. The first-order chi connectivity index (χ1) is 16.4. The van der Waals surface area contributed by atoms with Crippen LogP contribution in [-0.2, 0) is 9.53 Å². The van der Waals surface area contributed by atoms with Crippen LogP contribution < -0.4 is 22.1 Å². The normalized spacial score (nSPS) is 16.1. The number of nitrogens with zero attached hydrogens (tertiary/aromatic N) is 2. The van der Waals surface area contributed by atoms with Gasteiger partial charge in [-0.2, -0.15) is 0 Å². The number of hydrogen-bond donors (Lipinski definition) is 5. The number of oxazole rings is 1. The molecule has 0 aromatic carbocycles. The van der Waals surface area contributed by atoms with Crippen molar-refractivity contribution in [1.29, 1.82) is 0 Å². The zero-order valence-corrected chi connectivity index (χ0v) is 20.7. The second kappa shape index (κ2) is 13.0. The van der Waals surface area contributed by atoms with Crippen molar-refractivity contribution in [2.75, 3.05) is 6.54 Å². The van der Waals surface area contributed by atoms with Crippen molar-refractivity contribution in [3.63, 3.8) is 0 Å². The van der Waals surface area contributed by atoms with E-state index in [0.29, 0.717) is 18.8 Å². The number of amides is 2. The van der Waals surface area contributed by atoms with Gasteiger partial charge in [0.1, 0.15) is 23.9 Å². The molecular formula is C23H38N6O6. The first kappa shape index (κ1) is 27.9. The summed E-state index contributed by atoms with van der Waals surface area (Å²) >= 11 is 0. The lowest BCUT2D eigenvalue weighted by Gasteiger charge is -2.27. The van der Waals surface area contributed by atoms with Crippen LogP contribution in [0.2, 0.25) is 0 Å². The van der Waals surface area contributed by atoms with E-state index in [0.717, 1.165) is 31.9 Å². The lowest BCUT2D eigenvalue weighted by Crippen LogP contribution is -2.41. The molecular weight excluding hydrogens is 456 g/mol. The molecule has 2 rings (SSSR count). The van der Waals surface area contributed by atoms with Crippen molar-refractivity contribution >= 4 is 23.9 Å². The maximum atomic E-state index is 12.7. The molecule has 1 aromatic heterocycles. The minimum absolute atomic E-state index is 0.0740. The van der Waals surface area contributed by atoms with Crippen molar-refractivity contribution in [3.05, 3.63) is 17.8 Å². The molecule has 1 aliphatic rings. The maximum absolute atomic E-state index is 12.7. The molecule has 0 saturated heterocycles. The van der Waals surface area contributed by atoms with Gasteiger partial charge in [-0.1, -0.05) is 32.1 Å². The Morgan fingerprint density at radius 1 is 1.23 bits per heavy atom. The average Bonchev–Trinajstić information content (AvgIpc) is 3.25. The van der Waals surface area contributed by atoms with Gasteiger partial charge in [0, 0.05) is 6.54 Å². The Balaban J connectivity index is 2.08. The van der Waals surface area contributed by atoms with E-state index in [4.69, 9.17) is 20.6 Å². The second-order valence-electron chi connectivity index (χ2n) is 9.82. The lowest BCUT2D eigenvalue weighted by atomic mass is 9.85. The van der Waals surface area contributed by atoms with Gasteiger partial charge in [0.05, 0.1) is 0 Å². The van der Waals surface area contributed by atoms with Gasteiger partial charge in [-0.05, 0) is 46.0 Å². The van der Waals surface area contributed by atoms with Crippen LogP contribution in [0, 0.1) is 5.92 Å². The van der Waals surface area contributed by atoms with Crippen molar-refractivity contribution in [3.8, 4) is 0 Å². The zero-order valence-electron chi connectivity index (χ0n) is 20.7. The predicted octanol–water partition coefficient (Wildman–Crippen LogP) is 2.45. The summed E-state index contributed by atoms with van der Waals surface area (Å²) in [5.41, 5.74) is 9.77. The molecule has 7 N–H and O–H groups in total. The Kier molecular flexibility index (Phi) is 10.3. The molecule has 2 atom stereocenters. The van der Waals surface area contributed by atoms with Crippen LogP contribution in [0.25, 0.3) is 0 Å². The van der Waals surface area contributed by atoms with E-state index < -0.39 is 35.7 Å². The molecule has 1 fully saturated rings. The van der Waals surface area contributed by atoms with E-state index in [-0.39, 0.29) is 30.5 Å². The third-order valence-corrected chi connectivity index (χ3v) is 5.59. The molecule has 0 bridgehead atoms. The largest absolute Gasteiger partial charge is 0.480 e. The number of guanidine groups is 1. The van der Waals surface area contributed by atoms with Gasteiger partial charge in [0.2, 0.25) is 5.89 Å². The van der Waals surface area contributed by atoms with E-state index >= 15 is 0 Å². The van der Waals surface area contributed by atoms with E-state index in [1.165, 1.54) is 6.42 Å². The number of carboxylic acids is 1. The van der Waals surface area contributed by atoms with Crippen LogP contribution in [0.5, 0.6) is 0 Å². The highest BCUT2D eigenvalue weighted by molar-refractivity contribution is 5.94. The smallest absolute Gasteiger partial charge is 0.408 e. The molecule has 0 radical (unpaired) electrons. The number of aromatic nitrogens is 1. The van der Waals surface area contributed by atoms with E-state index in [1.807, 2.05) is 0 Å². The van der Waals surface area contributed by atoms with Crippen molar-refractivity contribution in [1.82, 2.24) is 15.6 Å². The molecule has 35 heavy (non-hydrogen) atoms. The van der Waals surface area contributed by atoms with Gasteiger partial charge in [0.15, 0.2) is 11.7 Å². The zero-order chi connectivity index (χ0) is 26.0. The molecule has 1 aromatic rings. The first-order valence-electron chi connectivity index (χ1n) is 12.0. The summed E-state index contributed by atoms with van der Waals surface area (Å²) in [5.74, 6) is -1.41. The Bertz CT molecular complexity index is 883. The van der Waals surface area contributed by atoms with E-state index in [1.54, 1.807) is 20.8 Å². The molecule has 12 nitrogen and oxygen atoms in total. The number of carboxylic acid groups (broad SMARTS) is 1. The number of hydrogen-bond acceptors (Lipinski definition) is 7. The number of rotatable bonds is 11. The fourth-order valence-corrected chi connectivity index (χ4v) is 3.97. The van der Waals surface area contributed by atoms with Crippen LogP contribution in [0.1, 0.15) is 94.6 Å². The molecule has 0 aliphatic heterocycles. The van der Waals surface area contributed by atoms with Crippen molar-refractivity contribution in [2.45, 2.75) is 89.8 Å². The standard InChI is InChI=1S/C23H38N6O6/c1-23(2,3)35-22(33)29-16(12-14-8-5-4-6-9-14)19-28-17(13-34-19)18(30)27-15(20(31)32)10-7-11-26-21(24)25/h13-16H,4-12H2,1-3H3,(H,27,30)(H,29,33)(H,31,32)(H4,24,25,26). The van der Waals surface area contributed by atoms with E-state index in [9.17, 15) is 19.5 Å². The quantitative estimate of drug-likeness (QED) is 0.174. The number of aliphatic carboxylic acids is 1. The summed E-state index contributed by atoms with van der Waals surface area (Å²) in [5, 5.41) is 14.7. The molecule has 196 valence electrons. The Morgan fingerprint density at radius 3 is 2.51 bits per heavy atom. The third kappa shape index (κ3) is 10.2. The maximum Gasteiger partial charge on any atom is 0.408 e. The summed E-state index contributed by atoms with van der Waals surface area (Å²) in [6, 6.07) is -1.72. The lowest BCUT2D eigenvalue weighted by molar-refractivity contribution is -0.139. The van der Waals surface area contributed by atoms with Gasteiger partial charge >= 0.3 is 12.1 Å². The molecule has 0 spiro atoms. The SMILES string of the molecule is CC(C)(C)OC(=O)NC(CC1CCCCC1)c1nc(C(=O)NC(CCCN=C(N)N)C(=O)O)co1. The minimum atomic E-state index is -1.19.